The van der Waals surface area contributed by atoms with E-state index in [4.69, 9.17) is 5.73 Å². The van der Waals surface area contributed by atoms with Crippen LogP contribution in [0.1, 0.15) is 6.92 Å². The lowest BCUT2D eigenvalue weighted by molar-refractivity contribution is -0.131. The van der Waals surface area contributed by atoms with Crippen LogP contribution in [0.2, 0.25) is 0 Å². The molecule has 2 unspecified atom stereocenters. The van der Waals surface area contributed by atoms with Gasteiger partial charge in [0.25, 0.3) is 0 Å². The smallest absolute Gasteiger partial charge is 0.350 e. The van der Waals surface area contributed by atoms with Gasteiger partial charge in [0.1, 0.15) is 5.25 Å². The van der Waals surface area contributed by atoms with Crippen molar-refractivity contribution in [2.75, 3.05) is 0 Å². The number of aromatic amines is 1. The first kappa shape index (κ1) is 13.3. The number of hydrogen-bond donors (Lipinski definition) is 2. The number of fused-ring (bicyclic) bond motifs is 1. The fourth-order valence-corrected chi connectivity index (χ4v) is 2.71. The van der Waals surface area contributed by atoms with Crippen molar-refractivity contribution < 1.29 is 13.2 Å². The molecule has 0 radical (unpaired) electrons. The molecule has 0 aliphatic rings. The van der Waals surface area contributed by atoms with Gasteiger partial charge >= 0.3 is 6.18 Å². The molecular formula is C12H13F3N2S. The number of nitrogens with one attached hydrogen (secondary N) is 1. The molecule has 1 heterocycles. The van der Waals surface area contributed by atoms with Gasteiger partial charge < -0.3 is 10.7 Å². The summed E-state index contributed by atoms with van der Waals surface area (Å²) in [6.45, 7) is 1.37. The van der Waals surface area contributed by atoms with E-state index in [9.17, 15) is 13.2 Å². The van der Waals surface area contributed by atoms with Crippen LogP contribution in [0.3, 0.4) is 0 Å². The number of alkyl halides is 3. The van der Waals surface area contributed by atoms with E-state index in [1.54, 1.807) is 6.07 Å². The number of H-pyrrole nitrogens is 1. The van der Waals surface area contributed by atoms with Crippen LogP contribution in [0.15, 0.2) is 35.4 Å². The zero-order chi connectivity index (χ0) is 13.3. The highest BCUT2D eigenvalue weighted by atomic mass is 32.2. The molecule has 0 aliphatic heterocycles. The fourth-order valence-electron chi connectivity index (χ4n) is 1.72. The van der Waals surface area contributed by atoms with Crippen LogP contribution in [0.5, 0.6) is 0 Å². The van der Waals surface area contributed by atoms with Crippen molar-refractivity contribution in [2.24, 2.45) is 5.73 Å². The normalized spacial score (nSPS) is 15.8. The van der Waals surface area contributed by atoms with Gasteiger partial charge in [-0.1, -0.05) is 30.0 Å². The Balaban J connectivity index is 2.26. The number of aromatic nitrogens is 1. The monoisotopic (exact) mass is 274 g/mol. The van der Waals surface area contributed by atoms with E-state index in [2.05, 4.69) is 4.98 Å². The van der Waals surface area contributed by atoms with Crippen LogP contribution in [-0.4, -0.2) is 22.5 Å². The molecule has 0 fully saturated rings. The van der Waals surface area contributed by atoms with E-state index in [0.29, 0.717) is 5.03 Å². The second-order valence-electron chi connectivity index (χ2n) is 4.16. The quantitative estimate of drug-likeness (QED) is 0.841. The van der Waals surface area contributed by atoms with E-state index < -0.39 is 17.5 Å². The molecule has 0 saturated carbocycles. The Morgan fingerprint density at radius 3 is 2.50 bits per heavy atom. The minimum absolute atomic E-state index is 0.482. The maximum absolute atomic E-state index is 12.8. The zero-order valence-electron chi connectivity index (χ0n) is 9.66. The molecule has 2 rings (SSSR count). The SMILES string of the molecule is CC(N)C(Sc1cc2ccccc2[nH]1)C(F)(F)F. The summed E-state index contributed by atoms with van der Waals surface area (Å²) in [6.07, 6.45) is -4.31. The third kappa shape index (κ3) is 2.81. The van der Waals surface area contributed by atoms with E-state index in [1.807, 2.05) is 24.3 Å². The van der Waals surface area contributed by atoms with Gasteiger partial charge in [-0.2, -0.15) is 13.2 Å². The van der Waals surface area contributed by atoms with Crippen molar-refractivity contribution in [2.45, 2.75) is 29.4 Å². The van der Waals surface area contributed by atoms with Gasteiger partial charge in [0, 0.05) is 16.9 Å². The average molecular weight is 274 g/mol. The van der Waals surface area contributed by atoms with Gasteiger partial charge in [0.15, 0.2) is 0 Å². The molecule has 18 heavy (non-hydrogen) atoms. The third-order valence-electron chi connectivity index (χ3n) is 2.56. The molecule has 6 heteroatoms. The Morgan fingerprint density at radius 1 is 1.28 bits per heavy atom. The second-order valence-corrected chi connectivity index (χ2v) is 5.34. The molecule has 0 bridgehead atoms. The fraction of sp³-hybridized carbons (Fsp3) is 0.333. The summed E-state index contributed by atoms with van der Waals surface area (Å²) in [5.74, 6) is 0. The molecule has 0 saturated heterocycles. The minimum Gasteiger partial charge on any atom is -0.350 e. The molecule has 2 nitrogen and oxygen atoms in total. The van der Waals surface area contributed by atoms with Gasteiger partial charge in [-0.15, -0.1) is 0 Å². The highest BCUT2D eigenvalue weighted by Crippen LogP contribution is 2.37. The minimum atomic E-state index is -4.31. The first-order valence-corrected chi connectivity index (χ1v) is 6.32. The number of halogens is 3. The van der Waals surface area contributed by atoms with E-state index >= 15 is 0 Å². The number of rotatable bonds is 3. The van der Waals surface area contributed by atoms with Crippen molar-refractivity contribution in [3.05, 3.63) is 30.3 Å². The van der Waals surface area contributed by atoms with Gasteiger partial charge in [-0.05, 0) is 19.1 Å². The molecular weight excluding hydrogens is 261 g/mol. The molecule has 2 atom stereocenters. The van der Waals surface area contributed by atoms with Crippen LogP contribution in [-0.2, 0) is 0 Å². The number of hydrogen-bond acceptors (Lipinski definition) is 2. The zero-order valence-corrected chi connectivity index (χ0v) is 10.5. The lowest BCUT2D eigenvalue weighted by Crippen LogP contribution is -2.40. The molecule has 1 aromatic heterocycles. The summed E-state index contributed by atoms with van der Waals surface area (Å²) in [7, 11) is 0. The van der Waals surface area contributed by atoms with Crippen LogP contribution in [0.25, 0.3) is 10.9 Å². The molecule has 0 amide bonds. The lowest BCUT2D eigenvalue weighted by Gasteiger charge is -2.22. The number of para-hydroxylation sites is 1. The summed E-state index contributed by atoms with van der Waals surface area (Å²) in [5.41, 5.74) is 6.23. The van der Waals surface area contributed by atoms with E-state index in [1.165, 1.54) is 6.92 Å². The van der Waals surface area contributed by atoms with Gasteiger partial charge in [-0.25, -0.2) is 0 Å². The van der Waals surface area contributed by atoms with Crippen molar-refractivity contribution >= 4 is 22.7 Å². The highest BCUT2D eigenvalue weighted by molar-refractivity contribution is 8.00. The molecule has 0 aliphatic carbocycles. The molecule has 1 aromatic carbocycles. The number of nitrogens with two attached hydrogens (primary N) is 1. The van der Waals surface area contributed by atoms with Gasteiger partial charge in [-0.3, -0.25) is 0 Å². The maximum Gasteiger partial charge on any atom is 0.402 e. The number of benzene rings is 1. The summed E-state index contributed by atoms with van der Waals surface area (Å²) < 4.78 is 38.4. The largest absolute Gasteiger partial charge is 0.402 e. The first-order valence-electron chi connectivity index (χ1n) is 5.44. The lowest BCUT2D eigenvalue weighted by atomic mass is 10.2. The van der Waals surface area contributed by atoms with Crippen molar-refractivity contribution in [3.63, 3.8) is 0 Å². The predicted octanol–water partition coefficient (Wildman–Crippen LogP) is 3.54. The summed E-state index contributed by atoms with van der Waals surface area (Å²) in [5, 5.41) is -0.230. The van der Waals surface area contributed by atoms with E-state index in [0.717, 1.165) is 22.7 Å². The summed E-state index contributed by atoms with van der Waals surface area (Å²) >= 11 is 0.724. The van der Waals surface area contributed by atoms with Gasteiger partial charge in [0.2, 0.25) is 0 Å². The summed E-state index contributed by atoms with van der Waals surface area (Å²) in [6, 6.07) is 8.11. The molecule has 0 spiro atoms. The first-order chi connectivity index (χ1) is 8.38. The van der Waals surface area contributed by atoms with Gasteiger partial charge in [0.05, 0.1) is 5.03 Å². The van der Waals surface area contributed by atoms with E-state index in [-0.39, 0.29) is 0 Å². The van der Waals surface area contributed by atoms with Crippen molar-refractivity contribution in [1.29, 1.82) is 0 Å². The van der Waals surface area contributed by atoms with Crippen LogP contribution >= 0.6 is 11.8 Å². The van der Waals surface area contributed by atoms with Crippen molar-refractivity contribution in [1.82, 2.24) is 4.98 Å². The maximum atomic E-state index is 12.8. The average Bonchev–Trinajstić information content (AvgIpc) is 2.66. The Kier molecular flexibility index (Phi) is 3.59. The number of thioether (sulfide) groups is 1. The van der Waals surface area contributed by atoms with Crippen LogP contribution in [0, 0.1) is 0 Å². The van der Waals surface area contributed by atoms with Crippen LogP contribution < -0.4 is 5.73 Å². The molecule has 2 aromatic rings. The Morgan fingerprint density at radius 2 is 1.94 bits per heavy atom. The Hall–Kier alpha value is -1.14. The third-order valence-corrected chi connectivity index (χ3v) is 3.98. The molecule has 98 valence electrons. The van der Waals surface area contributed by atoms with Crippen molar-refractivity contribution in [3.8, 4) is 0 Å². The van der Waals surface area contributed by atoms with Crippen LogP contribution in [0.4, 0.5) is 13.2 Å². The second kappa shape index (κ2) is 4.85. The predicted molar refractivity (Wildman–Crippen MR) is 67.6 cm³/mol. The standard InChI is InChI=1S/C12H13F3N2S/c1-7(16)11(12(13,14)15)18-10-6-8-4-2-3-5-9(8)17-10/h2-7,11,17H,16H2,1H3. The molecule has 3 N–H and O–H groups in total. The Labute approximate surface area is 107 Å². The highest BCUT2D eigenvalue weighted by Gasteiger charge is 2.43. The summed E-state index contributed by atoms with van der Waals surface area (Å²) in [4.78, 5) is 2.96. The Bertz CT molecular complexity index is 500. The topological polar surface area (TPSA) is 41.8 Å².